The predicted molar refractivity (Wildman–Crippen MR) is 88.4 cm³/mol. The molecule has 0 spiro atoms. The lowest BCUT2D eigenvalue weighted by molar-refractivity contribution is -0.387. The van der Waals surface area contributed by atoms with Crippen molar-refractivity contribution in [3.63, 3.8) is 0 Å². The summed E-state index contributed by atoms with van der Waals surface area (Å²) in [6, 6.07) is 9.45. The van der Waals surface area contributed by atoms with Crippen molar-refractivity contribution in [1.29, 1.82) is 0 Å². The lowest BCUT2D eigenvalue weighted by Gasteiger charge is -2.02. The van der Waals surface area contributed by atoms with Crippen LogP contribution in [0.4, 0.5) is 5.69 Å². The molecular weight excluding hydrogens is 332 g/mol. The Hall–Kier alpha value is -3.07. The van der Waals surface area contributed by atoms with E-state index in [0.717, 1.165) is 28.9 Å². The van der Waals surface area contributed by atoms with Crippen molar-refractivity contribution in [3.05, 3.63) is 52.1 Å². The summed E-state index contributed by atoms with van der Waals surface area (Å²) >= 11 is 1.10. The molecule has 0 aliphatic rings. The van der Waals surface area contributed by atoms with Crippen molar-refractivity contribution in [2.45, 2.75) is 10.1 Å². The SMILES string of the molecule is COc1ccc2nc(Sc3ccc(C(N)=O)cc3[N+](=O)[O-])[nH]c2c1. The van der Waals surface area contributed by atoms with Gasteiger partial charge in [-0.3, -0.25) is 14.9 Å². The lowest BCUT2D eigenvalue weighted by Crippen LogP contribution is -2.11. The molecule has 0 saturated carbocycles. The second kappa shape index (κ2) is 6.20. The van der Waals surface area contributed by atoms with Crippen LogP contribution in [0.15, 0.2) is 46.5 Å². The van der Waals surface area contributed by atoms with Crippen molar-refractivity contribution in [3.8, 4) is 5.75 Å². The number of nitrogens with two attached hydrogens (primary N) is 1. The third-order valence-corrected chi connectivity index (χ3v) is 4.27. The molecule has 3 aromatic rings. The van der Waals surface area contributed by atoms with Crippen LogP contribution < -0.4 is 10.5 Å². The van der Waals surface area contributed by atoms with E-state index in [0.29, 0.717) is 15.8 Å². The van der Waals surface area contributed by atoms with Gasteiger partial charge < -0.3 is 15.5 Å². The molecule has 1 amide bonds. The molecule has 0 aliphatic heterocycles. The van der Waals surface area contributed by atoms with Gasteiger partial charge in [0.2, 0.25) is 5.91 Å². The number of benzene rings is 2. The minimum atomic E-state index is -0.717. The maximum absolute atomic E-state index is 11.2. The quantitative estimate of drug-likeness (QED) is 0.541. The van der Waals surface area contributed by atoms with E-state index in [-0.39, 0.29) is 11.3 Å². The zero-order valence-corrected chi connectivity index (χ0v) is 13.3. The summed E-state index contributed by atoms with van der Waals surface area (Å²) in [4.78, 5) is 29.7. The van der Waals surface area contributed by atoms with Gasteiger partial charge in [-0.15, -0.1) is 0 Å². The Morgan fingerprint density at radius 2 is 2.12 bits per heavy atom. The van der Waals surface area contributed by atoms with Gasteiger partial charge in [0.25, 0.3) is 5.69 Å². The van der Waals surface area contributed by atoms with Crippen LogP contribution in [-0.2, 0) is 0 Å². The normalized spacial score (nSPS) is 10.7. The molecule has 0 radical (unpaired) electrons. The number of carbonyl (C=O) groups excluding carboxylic acids is 1. The number of H-pyrrole nitrogens is 1. The van der Waals surface area contributed by atoms with E-state index in [9.17, 15) is 14.9 Å². The Bertz CT molecular complexity index is 954. The number of carbonyl (C=O) groups is 1. The standard InChI is InChI=1S/C15H12N4O4S/c1-23-9-3-4-10-11(7-9)18-15(17-10)24-13-5-2-8(14(16)20)6-12(13)19(21)22/h2-7H,1H3,(H2,16,20)(H,17,18). The number of aromatic nitrogens is 2. The van der Waals surface area contributed by atoms with Crippen molar-refractivity contribution in [2.24, 2.45) is 5.73 Å². The number of nitrogens with zero attached hydrogens (tertiary/aromatic N) is 2. The summed E-state index contributed by atoms with van der Waals surface area (Å²) in [6.45, 7) is 0. The predicted octanol–water partition coefficient (Wildman–Crippen LogP) is 2.73. The zero-order chi connectivity index (χ0) is 17.3. The summed E-state index contributed by atoms with van der Waals surface area (Å²) in [5.74, 6) is -0.0371. The molecule has 122 valence electrons. The second-order valence-corrected chi connectivity index (χ2v) is 5.86. The molecule has 2 aromatic carbocycles. The van der Waals surface area contributed by atoms with Gasteiger partial charge in [-0.05, 0) is 36.0 Å². The molecule has 8 nitrogen and oxygen atoms in total. The Labute approximate surface area is 140 Å². The number of primary amides is 1. The molecule has 3 N–H and O–H groups in total. The van der Waals surface area contributed by atoms with Gasteiger partial charge in [-0.25, -0.2) is 4.98 Å². The molecule has 24 heavy (non-hydrogen) atoms. The topological polar surface area (TPSA) is 124 Å². The van der Waals surface area contributed by atoms with Crippen LogP contribution in [0.25, 0.3) is 11.0 Å². The first-order chi connectivity index (χ1) is 11.5. The number of nitro groups is 1. The third-order valence-electron chi connectivity index (χ3n) is 3.31. The number of rotatable bonds is 5. The molecular formula is C15H12N4O4S. The van der Waals surface area contributed by atoms with Gasteiger partial charge in [-0.2, -0.15) is 0 Å². The minimum Gasteiger partial charge on any atom is -0.497 e. The van der Waals surface area contributed by atoms with Gasteiger partial charge >= 0.3 is 0 Å². The van der Waals surface area contributed by atoms with Crippen LogP contribution in [0, 0.1) is 10.1 Å². The van der Waals surface area contributed by atoms with Gasteiger partial charge in [-0.1, -0.05) is 0 Å². The highest BCUT2D eigenvalue weighted by Crippen LogP contribution is 2.35. The highest BCUT2D eigenvalue weighted by atomic mass is 32.2. The Balaban J connectivity index is 1.98. The van der Waals surface area contributed by atoms with Crippen LogP contribution in [-0.4, -0.2) is 27.9 Å². The van der Waals surface area contributed by atoms with Crippen LogP contribution in [0.5, 0.6) is 5.75 Å². The first-order valence-corrected chi connectivity index (χ1v) is 7.59. The van der Waals surface area contributed by atoms with Crippen LogP contribution >= 0.6 is 11.8 Å². The van der Waals surface area contributed by atoms with Crippen LogP contribution in [0.2, 0.25) is 0 Å². The maximum atomic E-state index is 11.2. The number of nitro benzene ring substituents is 1. The molecule has 0 unspecified atom stereocenters. The number of methoxy groups -OCH3 is 1. The minimum absolute atomic E-state index is 0.0837. The van der Waals surface area contributed by atoms with Gasteiger partial charge in [0.15, 0.2) is 5.16 Å². The Kier molecular flexibility index (Phi) is 4.09. The number of ether oxygens (including phenoxy) is 1. The number of imidazole rings is 1. The van der Waals surface area contributed by atoms with Crippen molar-refractivity contribution in [1.82, 2.24) is 9.97 Å². The van der Waals surface area contributed by atoms with Crippen LogP contribution in [0.3, 0.4) is 0 Å². The van der Waals surface area contributed by atoms with Crippen molar-refractivity contribution >= 4 is 34.4 Å². The average Bonchev–Trinajstić information content (AvgIpc) is 2.95. The first-order valence-electron chi connectivity index (χ1n) is 6.78. The van der Waals surface area contributed by atoms with Crippen LogP contribution in [0.1, 0.15) is 10.4 Å². The maximum Gasteiger partial charge on any atom is 0.284 e. The smallest absolute Gasteiger partial charge is 0.284 e. The number of aromatic amines is 1. The van der Waals surface area contributed by atoms with Gasteiger partial charge in [0, 0.05) is 17.7 Å². The van der Waals surface area contributed by atoms with Crippen molar-refractivity contribution < 1.29 is 14.5 Å². The highest BCUT2D eigenvalue weighted by Gasteiger charge is 2.19. The zero-order valence-electron chi connectivity index (χ0n) is 12.5. The summed E-state index contributed by atoms with van der Waals surface area (Å²) in [5.41, 5.74) is 6.52. The Morgan fingerprint density at radius 1 is 1.33 bits per heavy atom. The molecule has 0 aliphatic carbocycles. The fourth-order valence-corrected chi connectivity index (χ4v) is 3.03. The molecule has 0 bridgehead atoms. The fraction of sp³-hybridized carbons (Fsp3) is 0.0667. The third kappa shape index (κ3) is 3.01. The number of hydrogen-bond donors (Lipinski definition) is 2. The molecule has 9 heteroatoms. The highest BCUT2D eigenvalue weighted by molar-refractivity contribution is 7.99. The molecule has 0 atom stereocenters. The van der Waals surface area contributed by atoms with E-state index in [1.807, 2.05) is 0 Å². The van der Waals surface area contributed by atoms with E-state index >= 15 is 0 Å². The molecule has 3 rings (SSSR count). The fourth-order valence-electron chi connectivity index (χ4n) is 2.14. The first kappa shape index (κ1) is 15.8. The molecule has 1 aromatic heterocycles. The monoisotopic (exact) mass is 344 g/mol. The second-order valence-electron chi connectivity index (χ2n) is 4.83. The average molecular weight is 344 g/mol. The molecule has 0 fully saturated rings. The van der Waals surface area contributed by atoms with Crippen molar-refractivity contribution in [2.75, 3.05) is 7.11 Å². The Morgan fingerprint density at radius 3 is 2.79 bits per heavy atom. The summed E-state index contributed by atoms with van der Waals surface area (Å²) in [6.07, 6.45) is 0. The molecule has 1 heterocycles. The summed E-state index contributed by atoms with van der Waals surface area (Å²) in [7, 11) is 1.57. The number of hydrogen-bond acceptors (Lipinski definition) is 6. The van der Waals surface area contributed by atoms with E-state index in [1.54, 1.807) is 25.3 Å². The lowest BCUT2D eigenvalue weighted by atomic mass is 10.2. The van der Waals surface area contributed by atoms with Gasteiger partial charge in [0.05, 0.1) is 28.0 Å². The van der Waals surface area contributed by atoms with E-state index in [1.165, 1.54) is 12.1 Å². The number of amides is 1. The van der Waals surface area contributed by atoms with Gasteiger partial charge in [0.1, 0.15) is 5.75 Å². The van der Waals surface area contributed by atoms with E-state index in [4.69, 9.17) is 10.5 Å². The summed E-state index contributed by atoms with van der Waals surface area (Å²) < 4.78 is 5.15. The van der Waals surface area contributed by atoms with E-state index < -0.39 is 10.8 Å². The largest absolute Gasteiger partial charge is 0.497 e. The summed E-state index contributed by atoms with van der Waals surface area (Å²) in [5, 5.41) is 11.7. The van der Waals surface area contributed by atoms with E-state index in [2.05, 4.69) is 9.97 Å². The number of nitrogens with one attached hydrogen (secondary N) is 1. The number of fused-ring (bicyclic) bond motifs is 1. The molecule has 0 saturated heterocycles.